The van der Waals surface area contributed by atoms with Gasteiger partial charge in [-0.3, -0.25) is 4.99 Å². The van der Waals surface area contributed by atoms with Gasteiger partial charge >= 0.3 is 0 Å². The lowest BCUT2D eigenvalue weighted by Crippen LogP contribution is -2.49. The summed E-state index contributed by atoms with van der Waals surface area (Å²) in [4.78, 5) is 6.79. The molecule has 1 heterocycles. The Morgan fingerprint density at radius 2 is 2.08 bits per heavy atom. The Kier molecular flexibility index (Phi) is 7.49. The maximum atomic E-state index is 13.9. The minimum absolute atomic E-state index is 0.214. The summed E-state index contributed by atoms with van der Waals surface area (Å²) in [5.41, 5.74) is 0.632. The van der Waals surface area contributed by atoms with Gasteiger partial charge in [0.15, 0.2) is 5.96 Å². The quantitative estimate of drug-likeness (QED) is 0.589. The number of benzene rings is 1. The molecule has 0 aromatic heterocycles. The van der Waals surface area contributed by atoms with Crippen molar-refractivity contribution in [2.45, 2.75) is 39.3 Å². The Bertz CT molecular complexity index is 554. The van der Waals surface area contributed by atoms with Crippen LogP contribution in [0.15, 0.2) is 27.7 Å². The normalized spacial score (nSPS) is 17.3. The molecule has 1 aliphatic heterocycles. The molecule has 0 aliphatic carbocycles. The van der Waals surface area contributed by atoms with Crippen molar-refractivity contribution in [3.05, 3.63) is 34.1 Å². The number of nitrogens with one attached hydrogen (secondary N) is 2. The molecule has 0 spiro atoms. The summed E-state index contributed by atoms with van der Waals surface area (Å²) < 4.78 is 14.6. The van der Waals surface area contributed by atoms with Gasteiger partial charge in [0.05, 0.1) is 0 Å². The summed E-state index contributed by atoms with van der Waals surface area (Å²) in [6, 6.07) is 5.54. The fourth-order valence-electron chi connectivity index (χ4n) is 3.01. The average molecular weight is 399 g/mol. The molecule has 0 atom stereocenters. The molecular weight excluding hydrogens is 371 g/mol. The molecule has 1 aromatic carbocycles. The van der Waals surface area contributed by atoms with Crippen molar-refractivity contribution in [3.8, 4) is 0 Å². The number of rotatable bonds is 5. The second-order valence-electron chi connectivity index (χ2n) is 6.77. The Morgan fingerprint density at radius 1 is 1.38 bits per heavy atom. The predicted octanol–water partition coefficient (Wildman–Crippen LogP) is 3.37. The standard InChI is InChI=1S/C18H28BrFN4/c1-13(2)12-24-8-6-16(7-9-24)23-18(21-3)22-11-14-4-5-15(19)10-17(14)20/h4-5,10,13,16H,6-9,11-12H2,1-3H3,(H2,21,22,23). The summed E-state index contributed by atoms with van der Waals surface area (Å²) in [5.74, 6) is 1.23. The van der Waals surface area contributed by atoms with E-state index in [0.717, 1.165) is 36.4 Å². The molecule has 1 aromatic rings. The summed E-state index contributed by atoms with van der Waals surface area (Å²) in [6.07, 6.45) is 2.22. The summed E-state index contributed by atoms with van der Waals surface area (Å²) in [7, 11) is 1.75. The van der Waals surface area contributed by atoms with Crippen molar-refractivity contribution >= 4 is 21.9 Å². The number of halogens is 2. The van der Waals surface area contributed by atoms with Crippen molar-refractivity contribution in [3.63, 3.8) is 0 Å². The summed E-state index contributed by atoms with van der Waals surface area (Å²) in [6.45, 7) is 8.35. The van der Waals surface area contributed by atoms with Crippen molar-refractivity contribution < 1.29 is 4.39 Å². The van der Waals surface area contributed by atoms with Crippen molar-refractivity contribution in [2.24, 2.45) is 10.9 Å². The van der Waals surface area contributed by atoms with Crippen LogP contribution in [-0.2, 0) is 6.54 Å². The van der Waals surface area contributed by atoms with Crippen molar-refractivity contribution in [1.82, 2.24) is 15.5 Å². The van der Waals surface area contributed by atoms with Gasteiger partial charge in [-0.1, -0.05) is 35.8 Å². The molecule has 1 saturated heterocycles. The zero-order valence-electron chi connectivity index (χ0n) is 14.8. The van der Waals surface area contributed by atoms with Gasteiger partial charge in [-0.2, -0.15) is 0 Å². The topological polar surface area (TPSA) is 39.7 Å². The molecule has 1 fully saturated rings. The first-order chi connectivity index (χ1) is 11.5. The Labute approximate surface area is 153 Å². The van der Waals surface area contributed by atoms with E-state index in [1.54, 1.807) is 13.1 Å². The van der Waals surface area contributed by atoms with E-state index in [2.05, 4.69) is 50.3 Å². The SMILES string of the molecule is CN=C(NCc1ccc(Br)cc1F)NC1CCN(CC(C)C)CC1. The Morgan fingerprint density at radius 3 is 2.67 bits per heavy atom. The molecule has 0 bridgehead atoms. The van der Waals surface area contributed by atoms with Crippen molar-refractivity contribution in [1.29, 1.82) is 0 Å². The Hall–Kier alpha value is -1.14. The zero-order chi connectivity index (χ0) is 17.5. The average Bonchev–Trinajstić information content (AvgIpc) is 2.54. The fourth-order valence-corrected chi connectivity index (χ4v) is 3.34. The minimum atomic E-state index is -0.214. The second kappa shape index (κ2) is 9.37. The lowest BCUT2D eigenvalue weighted by molar-refractivity contribution is 0.187. The van der Waals surface area contributed by atoms with E-state index >= 15 is 0 Å². The molecule has 24 heavy (non-hydrogen) atoms. The molecule has 0 amide bonds. The van der Waals surface area contributed by atoms with Crippen LogP contribution >= 0.6 is 15.9 Å². The highest BCUT2D eigenvalue weighted by Crippen LogP contribution is 2.15. The number of hydrogen-bond acceptors (Lipinski definition) is 2. The van der Waals surface area contributed by atoms with Crippen molar-refractivity contribution in [2.75, 3.05) is 26.7 Å². The van der Waals surface area contributed by atoms with Gasteiger partial charge < -0.3 is 15.5 Å². The lowest BCUT2D eigenvalue weighted by Gasteiger charge is -2.34. The van der Waals surface area contributed by atoms with Gasteiger partial charge in [0.25, 0.3) is 0 Å². The molecule has 4 nitrogen and oxygen atoms in total. The molecule has 6 heteroatoms. The number of aliphatic imine (C=N–C) groups is 1. The van der Waals surface area contributed by atoms with E-state index in [0.29, 0.717) is 24.1 Å². The van der Waals surface area contributed by atoms with E-state index in [1.165, 1.54) is 12.6 Å². The van der Waals surface area contributed by atoms with E-state index in [4.69, 9.17) is 0 Å². The number of nitrogens with zero attached hydrogens (tertiary/aromatic N) is 2. The second-order valence-corrected chi connectivity index (χ2v) is 7.69. The van der Waals surface area contributed by atoms with Gasteiger partial charge in [-0.15, -0.1) is 0 Å². The summed E-state index contributed by atoms with van der Waals surface area (Å²) >= 11 is 3.27. The van der Waals surface area contributed by atoms with Gasteiger partial charge in [-0.05, 0) is 30.9 Å². The van der Waals surface area contributed by atoms with Crippen LogP contribution in [0.4, 0.5) is 4.39 Å². The van der Waals surface area contributed by atoms with Crippen LogP contribution in [0.1, 0.15) is 32.3 Å². The van der Waals surface area contributed by atoms with Crippen LogP contribution in [-0.4, -0.2) is 43.6 Å². The third-order valence-corrected chi connectivity index (χ3v) is 4.73. The van der Waals surface area contributed by atoms with Crippen LogP contribution in [0.2, 0.25) is 0 Å². The van der Waals surface area contributed by atoms with Gasteiger partial charge in [0.1, 0.15) is 5.82 Å². The van der Waals surface area contributed by atoms with Gasteiger partial charge in [0, 0.05) is 49.3 Å². The molecule has 2 N–H and O–H groups in total. The van der Waals surface area contributed by atoms with E-state index in [9.17, 15) is 4.39 Å². The van der Waals surface area contributed by atoms with E-state index in [1.807, 2.05) is 6.07 Å². The van der Waals surface area contributed by atoms with Crippen LogP contribution in [0.3, 0.4) is 0 Å². The maximum absolute atomic E-state index is 13.9. The first-order valence-electron chi connectivity index (χ1n) is 8.61. The third-order valence-electron chi connectivity index (χ3n) is 4.24. The summed E-state index contributed by atoms with van der Waals surface area (Å²) in [5, 5.41) is 6.67. The third kappa shape index (κ3) is 6.06. The first kappa shape index (κ1) is 19.2. The zero-order valence-corrected chi connectivity index (χ0v) is 16.4. The van der Waals surface area contributed by atoms with Crippen LogP contribution in [0, 0.1) is 11.7 Å². The monoisotopic (exact) mass is 398 g/mol. The molecule has 134 valence electrons. The Balaban J connectivity index is 1.79. The molecular formula is C18H28BrFN4. The molecule has 0 saturated carbocycles. The lowest BCUT2D eigenvalue weighted by atomic mass is 10.0. The van der Waals surface area contributed by atoms with Crippen LogP contribution < -0.4 is 10.6 Å². The minimum Gasteiger partial charge on any atom is -0.354 e. The van der Waals surface area contributed by atoms with Crippen LogP contribution in [0.5, 0.6) is 0 Å². The number of hydrogen-bond donors (Lipinski definition) is 2. The highest BCUT2D eigenvalue weighted by atomic mass is 79.9. The molecule has 0 radical (unpaired) electrons. The van der Waals surface area contributed by atoms with Crippen LogP contribution in [0.25, 0.3) is 0 Å². The largest absolute Gasteiger partial charge is 0.354 e. The highest BCUT2D eigenvalue weighted by molar-refractivity contribution is 9.10. The molecule has 0 unspecified atom stereocenters. The van der Waals surface area contributed by atoms with E-state index < -0.39 is 0 Å². The smallest absolute Gasteiger partial charge is 0.191 e. The maximum Gasteiger partial charge on any atom is 0.191 e. The fraction of sp³-hybridized carbons (Fsp3) is 0.611. The van der Waals surface area contributed by atoms with Gasteiger partial charge in [0.2, 0.25) is 0 Å². The number of likely N-dealkylation sites (tertiary alicyclic amines) is 1. The molecule has 1 aliphatic rings. The molecule has 2 rings (SSSR count). The van der Waals surface area contributed by atoms with Gasteiger partial charge in [-0.25, -0.2) is 4.39 Å². The predicted molar refractivity (Wildman–Crippen MR) is 102 cm³/mol. The number of guanidine groups is 1. The van der Waals surface area contributed by atoms with E-state index in [-0.39, 0.29) is 5.82 Å². The highest BCUT2D eigenvalue weighted by Gasteiger charge is 2.20. The number of piperidine rings is 1. The first-order valence-corrected chi connectivity index (χ1v) is 9.40.